The number of terminal acetylenes is 1. The van der Waals surface area contributed by atoms with Crippen LogP contribution in [0.2, 0.25) is 0 Å². The third-order valence-corrected chi connectivity index (χ3v) is 1.72. The van der Waals surface area contributed by atoms with Crippen molar-refractivity contribution in [1.82, 2.24) is 10.6 Å². The van der Waals surface area contributed by atoms with Gasteiger partial charge in [0.05, 0.1) is 6.61 Å². The van der Waals surface area contributed by atoms with E-state index in [0.29, 0.717) is 0 Å². The summed E-state index contributed by atoms with van der Waals surface area (Å²) in [5.74, 6) is 0.770. The molecule has 0 aliphatic carbocycles. The van der Waals surface area contributed by atoms with Crippen molar-refractivity contribution in [2.45, 2.75) is 18.6 Å². The first-order valence-electron chi connectivity index (χ1n) is 5.11. The number of carboxylic acid groups (broad SMARTS) is 1. The summed E-state index contributed by atoms with van der Waals surface area (Å²) in [5.41, 5.74) is 0. The summed E-state index contributed by atoms with van der Waals surface area (Å²) >= 11 is 0. The molecule has 19 heavy (non-hydrogen) atoms. The second kappa shape index (κ2) is 8.20. The molecule has 0 saturated heterocycles. The van der Waals surface area contributed by atoms with E-state index in [0.717, 1.165) is 0 Å². The number of alkyl halides is 3. The van der Waals surface area contributed by atoms with E-state index in [9.17, 15) is 22.8 Å². The molecule has 108 valence electrons. The predicted molar refractivity (Wildman–Crippen MR) is 58.3 cm³/mol. The molecule has 0 aliphatic rings. The van der Waals surface area contributed by atoms with E-state index in [1.54, 1.807) is 0 Å². The highest BCUT2D eigenvalue weighted by Crippen LogP contribution is 2.13. The topological polar surface area (TPSA) is 87.7 Å². The molecular weight excluding hydrogens is 269 g/mol. The molecular formula is C10H13F3N2O4. The van der Waals surface area contributed by atoms with Gasteiger partial charge in [0.15, 0.2) is 0 Å². The molecule has 0 saturated carbocycles. The number of rotatable bonds is 7. The molecule has 0 bridgehead atoms. The van der Waals surface area contributed by atoms with Crippen LogP contribution in [0.25, 0.3) is 0 Å². The largest absolute Gasteiger partial charge is 0.480 e. The Kier molecular flexibility index (Phi) is 7.36. The lowest BCUT2D eigenvalue weighted by Gasteiger charge is -2.13. The van der Waals surface area contributed by atoms with Gasteiger partial charge in [-0.05, 0) is 0 Å². The number of carboxylic acids is 1. The van der Waals surface area contributed by atoms with E-state index in [2.05, 4.69) is 21.3 Å². The van der Waals surface area contributed by atoms with Gasteiger partial charge in [0.25, 0.3) is 0 Å². The quantitative estimate of drug-likeness (QED) is 0.464. The number of nitrogens with one attached hydrogen (secondary N) is 2. The van der Waals surface area contributed by atoms with E-state index >= 15 is 0 Å². The zero-order valence-electron chi connectivity index (χ0n) is 9.79. The van der Waals surface area contributed by atoms with Crippen LogP contribution in [0.5, 0.6) is 0 Å². The fourth-order valence-electron chi connectivity index (χ4n) is 0.952. The van der Waals surface area contributed by atoms with Crippen LogP contribution in [0.3, 0.4) is 0 Å². The van der Waals surface area contributed by atoms with Crippen molar-refractivity contribution >= 4 is 12.0 Å². The molecule has 6 nitrogen and oxygen atoms in total. The van der Waals surface area contributed by atoms with Crippen LogP contribution in [-0.2, 0) is 9.53 Å². The molecule has 0 aromatic rings. The smallest absolute Gasteiger partial charge is 0.411 e. The number of hydrogen-bond acceptors (Lipinski definition) is 3. The highest BCUT2D eigenvalue weighted by Gasteiger charge is 2.27. The second-order valence-corrected chi connectivity index (χ2v) is 3.37. The first kappa shape index (κ1) is 17.1. The summed E-state index contributed by atoms with van der Waals surface area (Å²) in [7, 11) is 0. The maximum atomic E-state index is 11.7. The van der Waals surface area contributed by atoms with Crippen LogP contribution in [0.15, 0.2) is 0 Å². The van der Waals surface area contributed by atoms with E-state index in [1.165, 1.54) is 0 Å². The lowest BCUT2D eigenvalue weighted by molar-refractivity contribution is -0.173. The van der Waals surface area contributed by atoms with Crippen LogP contribution >= 0.6 is 0 Å². The minimum absolute atomic E-state index is 0.190. The maximum Gasteiger partial charge on any atom is 0.411 e. The van der Waals surface area contributed by atoms with Crippen LogP contribution in [0, 0.1) is 12.3 Å². The van der Waals surface area contributed by atoms with Gasteiger partial charge in [0.2, 0.25) is 0 Å². The minimum atomic E-state index is -4.43. The number of carbonyl (C=O) groups is 2. The van der Waals surface area contributed by atoms with Crippen molar-refractivity contribution < 1.29 is 32.6 Å². The monoisotopic (exact) mass is 282 g/mol. The normalized spacial score (nSPS) is 12.3. The highest BCUT2D eigenvalue weighted by atomic mass is 19.4. The molecule has 1 unspecified atom stereocenters. The first-order chi connectivity index (χ1) is 8.76. The first-order valence-corrected chi connectivity index (χ1v) is 5.11. The number of urea groups is 1. The van der Waals surface area contributed by atoms with Crippen LogP contribution in [0.4, 0.5) is 18.0 Å². The van der Waals surface area contributed by atoms with Crippen molar-refractivity contribution in [2.75, 3.05) is 19.8 Å². The summed E-state index contributed by atoms with van der Waals surface area (Å²) in [5, 5.41) is 12.9. The molecule has 1 atom stereocenters. The van der Waals surface area contributed by atoms with Crippen LogP contribution < -0.4 is 10.6 Å². The van der Waals surface area contributed by atoms with Gasteiger partial charge in [0.1, 0.15) is 12.6 Å². The van der Waals surface area contributed by atoms with Gasteiger partial charge in [-0.1, -0.05) is 0 Å². The van der Waals surface area contributed by atoms with Gasteiger partial charge >= 0.3 is 18.2 Å². The second-order valence-electron chi connectivity index (χ2n) is 3.37. The Morgan fingerprint density at radius 1 is 1.42 bits per heavy atom. The molecule has 0 spiro atoms. The van der Waals surface area contributed by atoms with Gasteiger partial charge in [-0.25, -0.2) is 9.59 Å². The highest BCUT2D eigenvalue weighted by molar-refractivity contribution is 5.82. The van der Waals surface area contributed by atoms with Crippen molar-refractivity contribution in [3.05, 3.63) is 0 Å². The third-order valence-electron chi connectivity index (χ3n) is 1.72. The molecule has 9 heteroatoms. The Morgan fingerprint density at radius 2 is 2.05 bits per heavy atom. The average Bonchev–Trinajstić information content (AvgIpc) is 2.26. The molecule has 0 heterocycles. The Labute approximate surface area is 107 Å². The van der Waals surface area contributed by atoms with E-state index < -0.39 is 30.8 Å². The van der Waals surface area contributed by atoms with Crippen molar-refractivity contribution in [3.63, 3.8) is 0 Å². The number of amides is 2. The zero-order chi connectivity index (χ0) is 14.9. The van der Waals surface area contributed by atoms with Crippen molar-refractivity contribution in [1.29, 1.82) is 0 Å². The van der Waals surface area contributed by atoms with Gasteiger partial charge in [-0.3, -0.25) is 0 Å². The molecule has 0 rings (SSSR count). The Balaban J connectivity index is 3.81. The lowest BCUT2D eigenvalue weighted by atomic mass is 10.2. The van der Waals surface area contributed by atoms with E-state index in [4.69, 9.17) is 11.5 Å². The Morgan fingerprint density at radius 3 is 2.53 bits per heavy atom. The Bertz CT molecular complexity index is 352. The molecule has 0 radical (unpaired) electrons. The zero-order valence-corrected chi connectivity index (χ0v) is 9.79. The minimum Gasteiger partial charge on any atom is -0.480 e. The number of aliphatic carboxylic acids is 1. The summed E-state index contributed by atoms with van der Waals surface area (Å²) in [6.45, 7) is -1.95. The predicted octanol–water partition coefficient (Wildman–Crippen LogP) is 0.341. The fraction of sp³-hybridized carbons (Fsp3) is 0.600. The Hall–Kier alpha value is -1.95. The maximum absolute atomic E-state index is 11.7. The van der Waals surface area contributed by atoms with Gasteiger partial charge in [0, 0.05) is 13.0 Å². The third kappa shape index (κ3) is 9.72. The summed E-state index contributed by atoms with van der Waals surface area (Å²) in [4.78, 5) is 21.8. The lowest BCUT2D eigenvalue weighted by Crippen LogP contribution is -2.46. The van der Waals surface area contributed by atoms with Crippen LogP contribution in [0.1, 0.15) is 6.42 Å². The SMILES string of the molecule is C#CCC(NC(=O)NCCOCC(F)(F)F)C(=O)O. The summed E-state index contributed by atoms with van der Waals surface area (Å²) in [6.07, 6.45) is 0.284. The van der Waals surface area contributed by atoms with Crippen LogP contribution in [-0.4, -0.2) is 49.1 Å². The molecule has 0 aromatic carbocycles. The average molecular weight is 282 g/mol. The summed E-state index contributed by atoms with van der Waals surface area (Å²) < 4.78 is 39.3. The van der Waals surface area contributed by atoms with Gasteiger partial charge in [-0.15, -0.1) is 12.3 Å². The van der Waals surface area contributed by atoms with Gasteiger partial charge in [-0.2, -0.15) is 13.2 Å². The molecule has 0 aromatic heterocycles. The molecule has 2 amide bonds. The summed E-state index contributed by atoms with van der Waals surface area (Å²) in [6, 6.07) is -2.10. The number of ether oxygens (including phenoxy) is 1. The number of hydrogen-bond donors (Lipinski definition) is 3. The number of carbonyl (C=O) groups excluding carboxylic acids is 1. The molecule has 0 fully saturated rings. The van der Waals surface area contributed by atoms with E-state index in [1.807, 2.05) is 0 Å². The van der Waals surface area contributed by atoms with Crippen molar-refractivity contribution in [2.24, 2.45) is 0 Å². The van der Waals surface area contributed by atoms with Crippen molar-refractivity contribution in [3.8, 4) is 12.3 Å². The fourth-order valence-corrected chi connectivity index (χ4v) is 0.952. The number of halogens is 3. The van der Waals surface area contributed by atoms with E-state index in [-0.39, 0.29) is 19.6 Å². The molecule has 0 aliphatic heterocycles. The molecule has 3 N–H and O–H groups in total. The standard InChI is InChI=1S/C10H13F3N2O4/c1-2-3-7(8(16)17)15-9(18)14-4-5-19-6-10(11,12)13/h1,7H,3-6H2,(H,16,17)(H2,14,15,18). The van der Waals surface area contributed by atoms with Gasteiger partial charge < -0.3 is 20.5 Å².